The molecule has 6 nitrogen and oxygen atoms in total. The second-order valence-electron chi connectivity index (χ2n) is 11.8. The van der Waals surface area contributed by atoms with Crippen LogP contribution in [0.5, 0.6) is 11.5 Å². The molecule has 1 unspecified atom stereocenters. The van der Waals surface area contributed by atoms with Crippen molar-refractivity contribution in [2.45, 2.75) is 71.8 Å². The number of rotatable bonds is 15. The zero-order chi connectivity index (χ0) is 32.5. The number of halogens is 2. The Bertz CT molecular complexity index is 1670. The Morgan fingerprint density at radius 2 is 1.87 bits per heavy atom. The lowest BCUT2D eigenvalue weighted by atomic mass is 9.96. The van der Waals surface area contributed by atoms with Gasteiger partial charge in [-0.3, -0.25) is 4.98 Å². The van der Waals surface area contributed by atoms with E-state index in [0.29, 0.717) is 40.2 Å². The zero-order valence-electron chi connectivity index (χ0n) is 26.9. The van der Waals surface area contributed by atoms with Crippen molar-refractivity contribution in [3.63, 3.8) is 0 Å². The Hall–Kier alpha value is -3.96. The van der Waals surface area contributed by atoms with Gasteiger partial charge in [0.05, 0.1) is 10.6 Å². The molecule has 1 aliphatic carbocycles. The van der Waals surface area contributed by atoms with E-state index in [2.05, 4.69) is 48.1 Å². The van der Waals surface area contributed by atoms with Gasteiger partial charge in [-0.1, -0.05) is 61.8 Å². The maximum absolute atomic E-state index is 14.7. The van der Waals surface area contributed by atoms with Gasteiger partial charge in [0, 0.05) is 47.7 Å². The van der Waals surface area contributed by atoms with Crippen LogP contribution in [0.3, 0.4) is 0 Å². The Labute approximate surface area is 277 Å². The zero-order valence-corrected chi connectivity index (χ0v) is 27.6. The highest BCUT2D eigenvalue weighted by Gasteiger charge is 2.28. The third-order valence-electron chi connectivity index (χ3n) is 8.73. The largest absolute Gasteiger partial charge is 0.488 e. The van der Waals surface area contributed by atoms with Gasteiger partial charge in [-0.25, -0.2) is 4.39 Å². The molecule has 0 saturated carbocycles. The normalized spacial score (nSPS) is 14.6. The molecule has 0 saturated heterocycles. The number of nitriles is 1. The van der Waals surface area contributed by atoms with Crippen molar-refractivity contribution in [2.24, 2.45) is 0 Å². The van der Waals surface area contributed by atoms with Gasteiger partial charge in [0.15, 0.2) is 0 Å². The Morgan fingerprint density at radius 1 is 1.07 bits per heavy atom. The first-order valence-corrected chi connectivity index (χ1v) is 16.6. The lowest BCUT2D eigenvalue weighted by Gasteiger charge is -2.21. The number of hydrogen-bond acceptors (Lipinski definition) is 6. The van der Waals surface area contributed by atoms with Gasteiger partial charge in [0.2, 0.25) is 0 Å². The van der Waals surface area contributed by atoms with Crippen LogP contribution in [0.2, 0.25) is 5.02 Å². The molecule has 1 N–H and O–H groups in total. The molecular weight excluding hydrogens is 599 g/mol. The first-order valence-electron chi connectivity index (χ1n) is 16.2. The second-order valence-corrected chi connectivity index (χ2v) is 12.2. The van der Waals surface area contributed by atoms with Crippen molar-refractivity contribution >= 4 is 11.6 Å². The van der Waals surface area contributed by atoms with E-state index in [4.69, 9.17) is 21.1 Å². The maximum atomic E-state index is 14.7. The molecule has 1 heterocycles. The Balaban J connectivity index is 1.35. The molecule has 4 aromatic rings. The average molecular weight is 641 g/mol. The number of fused-ring (bicyclic) bond motifs is 1. The number of nitrogens with one attached hydrogen (secondary N) is 1. The maximum Gasteiger partial charge on any atom is 0.142 e. The molecule has 8 heteroatoms. The van der Waals surface area contributed by atoms with Crippen LogP contribution in [0.15, 0.2) is 73.1 Å². The molecule has 0 radical (unpaired) electrons. The molecule has 5 rings (SSSR count). The first-order chi connectivity index (χ1) is 22.4. The van der Waals surface area contributed by atoms with Gasteiger partial charge < -0.3 is 19.7 Å². The van der Waals surface area contributed by atoms with E-state index < -0.39 is 0 Å². The van der Waals surface area contributed by atoms with Crippen molar-refractivity contribution < 1.29 is 13.9 Å². The Morgan fingerprint density at radius 3 is 2.65 bits per heavy atom. The molecule has 2 atom stereocenters. The van der Waals surface area contributed by atoms with Crippen molar-refractivity contribution in [1.29, 1.82) is 5.26 Å². The van der Waals surface area contributed by atoms with Gasteiger partial charge >= 0.3 is 0 Å². The summed E-state index contributed by atoms with van der Waals surface area (Å²) in [4.78, 5) is 6.61. The minimum atomic E-state index is -0.233. The smallest absolute Gasteiger partial charge is 0.142 e. The van der Waals surface area contributed by atoms with Crippen LogP contribution in [0.4, 0.5) is 4.39 Å². The second kappa shape index (κ2) is 16.0. The Kier molecular flexibility index (Phi) is 11.7. The third-order valence-corrected chi connectivity index (χ3v) is 9.02. The van der Waals surface area contributed by atoms with Gasteiger partial charge in [-0.05, 0) is 87.1 Å². The quantitative estimate of drug-likeness (QED) is 0.140. The summed E-state index contributed by atoms with van der Waals surface area (Å²) in [5.74, 6) is 0.955. The molecule has 0 amide bonds. The van der Waals surface area contributed by atoms with E-state index >= 15 is 0 Å². The number of benzene rings is 3. The number of pyridine rings is 1. The lowest BCUT2D eigenvalue weighted by molar-refractivity contribution is 0.206. The van der Waals surface area contributed by atoms with E-state index in [-0.39, 0.29) is 18.5 Å². The lowest BCUT2D eigenvalue weighted by Crippen LogP contribution is -2.29. The fourth-order valence-electron chi connectivity index (χ4n) is 6.10. The summed E-state index contributed by atoms with van der Waals surface area (Å²) in [6, 6.07) is 20.9. The molecule has 1 aliphatic rings. The summed E-state index contributed by atoms with van der Waals surface area (Å²) in [7, 11) is 0. The topological polar surface area (TPSA) is 70.4 Å². The van der Waals surface area contributed by atoms with Gasteiger partial charge in [0.1, 0.15) is 36.1 Å². The summed E-state index contributed by atoms with van der Waals surface area (Å²) >= 11 is 6.87. The van der Waals surface area contributed by atoms with E-state index in [1.807, 2.05) is 36.4 Å². The van der Waals surface area contributed by atoms with Gasteiger partial charge in [0.25, 0.3) is 0 Å². The molecular formula is C38H42ClFN4O2. The van der Waals surface area contributed by atoms with E-state index in [9.17, 15) is 9.65 Å². The number of hydrogen-bond donors (Lipinski definition) is 1. The molecule has 1 aromatic heterocycles. The monoisotopic (exact) mass is 640 g/mol. The fraction of sp³-hybridized carbons (Fsp3) is 0.368. The standard InChI is InChI=1S/C38H42ClFN4O2/c1-4-44(5-2)17-9-10-26(3)43-24-29-19-34(39)38(20-37(29)45-25-28-18-27(21-41)22-42-23-28)46-36-16-15-31-30(12-8-13-33(31)36)32-11-6-7-14-35(32)40/h6-8,11-14,18-20,22-23,26,36,43H,4-5,9-10,15-17,24-25H2,1-3H3/t26?,36-/m0/s1. The highest BCUT2D eigenvalue weighted by Crippen LogP contribution is 2.43. The van der Waals surface area contributed by atoms with Gasteiger partial charge in [-0.15, -0.1) is 0 Å². The van der Waals surface area contributed by atoms with Crippen LogP contribution in [0.25, 0.3) is 11.1 Å². The highest BCUT2D eigenvalue weighted by atomic mass is 35.5. The molecule has 0 spiro atoms. The van der Waals surface area contributed by atoms with E-state index in [0.717, 1.165) is 73.1 Å². The van der Waals surface area contributed by atoms with Crippen LogP contribution in [0.1, 0.15) is 74.0 Å². The molecule has 3 aromatic carbocycles. The summed E-state index contributed by atoms with van der Waals surface area (Å²) in [6.45, 7) is 10.7. The SMILES string of the molecule is CCN(CC)CCCC(C)NCc1cc(Cl)c(O[C@H]2CCc3c(-c4ccccc4F)cccc32)cc1OCc1cncc(C#N)c1. The van der Waals surface area contributed by atoms with E-state index in [1.165, 1.54) is 12.3 Å². The number of nitrogens with zero attached hydrogens (tertiary/aromatic N) is 3. The number of aromatic nitrogens is 1. The first kappa shape index (κ1) is 33.4. The van der Waals surface area contributed by atoms with Crippen molar-refractivity contribution in [1.82, 2.24) is 15.2 Å². The van der Waals surface area contributed by atoms with Crippen LogP contribution >= 0.6 is 11.6 Å². The minimum absolute atomic E-state index is 0.224. The molecule has 0 bridgehead atoms. The summed E-state index contributed by atoms with van der Waals surface area (Å²) < 4.78 is 27.6. The van der Waals surface area contributed by atoms with Crippen LogP contribution in [-0.4, -0.2) is 35.6 Å². The minimum Gasteiger partial charge on any atom is -0.488 e. The third kappa shape index (κ3) is 8.24. The van der Waals surface area contributed by atoms with Crippen LogP contribution in [0, 0.1) is 17.1 Å². The van der Waals surface area contributed by atoms with Crippen molar-refractivity contribution in [2.75, 3.05) is 19.6 Å². The number of ether oxygens (including phenoxy) is 2. The molecule has 0 fully saturated rings. The molecule has 0 aliphatic heterocycles. The summed E-state index contributed by atoms with van der Waals surface area (Å²) in [5.41, 5.74) is 5.85. The highest BCUT2D eigenvalue weighted by molar-refractivity contribution is 6.32. The van der Waals surface area contributed by atoms with Crippen molar-refractivity contribution in [3.05, 3.63) is 112 Å². The summed E-state index contributed by atoms with van der Waals surface area (Å²) in [5, 5.41) is 13.5. The van der Waals surface area contributed by atoms with Crippen LogP contribution < -0.4 is 14.8 Å². The fourth-order valence-corrected chi connectivity index (χ4v) is 6.33. The van der Waals surface area contributed by atoms with Crippen molar-refractivity contribution in [3.8, 4) is 28.7 Å². The van der Waals surface area contributed by atoms with Gasteiger partial charge in [-0.2, -0.15) is 5.26 Å². The molecule has 46 heavy (non-hydrogen) atoms. The van der Waals surface area contributed by atoms with E-state index in [1.54, 1.807) is 18.3 Å². The molecule has 240 valence electrons. The van der Waals surface area contributed by atoms with Crippen LogP contribution in [-0.2, 0) is 19.6 Å². The predicted octanol–water partition coefficient (Wildman–Crippen LogP) is 8.66. The average Bonchev–Trinajstić information content (AvgIpc) is 3.49. The predicted molar refractivity (Wildman–Crippen MR) is 182 cm³/mol. The summed E-state index contributed by atoms with van der Waals surface area (Å²) in [6.07, 6.45) is 6.73.